The van der Waals surface area contributed by atoms with Gasteiger partial charge in [-0.15, -0.1) is 10.2 Å². The number of nitrogens with zero attached hydrogens (tertiary/aromatic N) is 4. The van der Waals surface area contributed by atoms with E-state index in [-0.39, 0.29) is 5.91 Å². The Hall–Kier alpha value is -1.82. The second-order valence-electron chi connectivity index (χ2n) is 4.83. The monoisotopic (exact) mass is 288 g/mol. The minimum absolute atomic E-state index is 0.0616. The molecule has 1 fully saturated rings. The second-order valence-corrected chi connectivity index (χ2v) is 5.77. The molecule has 0 spiro atoms. The van der Waals surface area contributed by atoms with E-state index in [9.17, 15) is 4.79 Å². The first kappa shape index (κ1) is 13.2. The number of thioether (sulfide) groups is 1. The van der Waals surface area contributed by atoms with Gasteiger partial charge in [-0.1, -0.05) is 30.0 Å². The number of hydrogen-bond donors (Lipinski definition) is 0. The maximum absolute atomic E-state index is 12.2. The third kappa shape index (κ3) is 2.85. The summed E-state index contributed by atoms with van der Waals surface area (Å²) in [6, 6.07) is 10.2. The fraction of sp³-hybridized carbons (Fsp3) is 0.357. The van der Waals surface area contributed by atoms with Crippen molar-refractivity contribution >= 4 is 23.4 Å². The molecule has 0 radical (unpaired) electrons. The molecule has 5 nitrogen and oxygen atoms in total. The van der Waals surface area contributed by atoms with Gasteiger partial charge in [0, 0.05) is 18.8 Å². The SMILES string of the molecule is CN(C(=O)CSc1nncn1C1CC1)c1ccccc1. The Morgan fingerprint density at radius 3 is 2.85 bits per heavy atom. The molecule has 6 heteroatoms. The van der Waals surface area contributed by atoms with Crippen molar-refractivity contribution in [1.29, 1.82) is 0 Å². The summed E-state index contributed by atoms with van der Waals surface area (Å²) in [4.78, 5) is 13.9. The third-order valence-electron chi connectivity index (χ3n) is 3.32. The van der Waals surface area contributed by atoms with E-state index in [0.717, 1.165) is 10.8 Å². The molecule has 0 unspecified atom stereocenters. The standard InChI is InChI=1S/C14H16N4OS/c1-17(11-5-3-2-4-6-11)13(19)9-20-14-16-15-10-18(14)12-7-8-12/h2-6,10,12H,7-9H2,1H3. The van der Waals surface area contributed by atoms with Crippen molar-refractivity contribution < 1.29 is 4.79 Å². The van der Waals surface area contributed by atoms with Gasteiger partial charge in [-0.25, -0.2) is 0 Å². The summed E-state index contributed by atoms with van der Waals surface area (Å²) in [7, 11) is 1.80. The van der Waals surface area contributed by atoms with Crippen molar-refractivity contribution in [2.45, 2.75) is 24.0 Å². The minimum Gasteiger partial charge on any atom is -0.315 e. The molecule has 1 heterocycles. The van der Waals surface area contributed by atoms with Crippen LogP contribution in [0.2, 0.25) is 0 Å². The van der Waals surface area contributed by atoms with Crippen LogP contribution in [0.3, 0.4) is 0 Å². The minimum atomic E-state index is 0.0616. The molecular formula is C14H16N4OS. The van der Waals surface area contributed by atoms with Gasteiger partial charge < -0.3 is 9.47 Å². The highest BCUT2D eigenvalue weighted by atomic mass is 32.2. The van der Waals surface area contributed by atoms with Crippen molar-refractivity contribution in [3.8, 4) is 0 Å². The Morgan fingerprint density at radius 2 is 2.15 bits per heavy atom. The number of para-hydroxylation sites is 1. The molecule has 0 saturated heterocycles. The predicted octanol–water partition coefficient (Wildman–Crippen LogP) is 2.37. The number of carbonyl (C=O) groups is 1. The Labute approximate surface area is 122 Å². The predicted molar refractivity (Wildman–Crippen MR) is 78.9 cm³/mol. The Bertz CT molecular complexity index is 594. The maximum atomic E-state index is 12.2. The number of carbonyl (C=O) groups excluding carboxylic acids is 1. The zero-order valence-electron chi connectivity index (χ0n) is 11.3. The van der Waals surface area contributed by atoms with Crippen LogP contribution < -0.4 is 4.90 Å². The molecule has 1 amide bonds. The van der Waals surface area contributed by atoms with Crippen LogP contribution in [0.4, 0.5) is 5.69 Å². The van der Waals surface area contributed by atoms with Gasteiger partial charge in [0.1, 0.15) is 6.33 Å². The van der Waals surface area contributed by atoms with Gasteiger partial charge in [-0.3, -0.25) is 4.79 Å². The molecular weight excluding hydrogens is 272 g/mol. The maximum Gasteiger partial charge on any atom is 0.237 e. The number of rotatable bonds is 5. The zero-order valence-corrected chi connectivity index (χ0v) is 12.1. The topological polar surface area (TPSA) is 51.0 Å². The molecule has 1 aliphatic carbocycles. The molecule has 20 heavy (non-hydrogen) atoms. The van der Waals surface area contributed by atoms with Crippen LogP contribution in [0.15, 0.2) is 41.8 Å². The molecule has 0 aliphatic heterocycles. The average molecular weight is 288 g/mol. The van der Waals surface area contributed by atoms with Crippen molar-refractivity contribution in [1.82, 2.24) is 14.8 Å². The van der Waals surface area contributed by atoms with Gasteiger partial charge in [0.15, 0.2) is 5.16 Å². The zero-order chi connectivity index (χ0) is 13.9. The largest absolute Gasteiger partial charge is 0.315 e. The highest BCUT2D eigenvalue weighted by Gasteiger charge is 2.26. The van der Waals surface area contributed by atoms with E-state index in [1.807, 2.05) is 30.3 Å². The summed E-state index contributed by atoms with van der Waals surface area (Å²) < 4.78 is 2.07. The van der Waals surface area contributed by atoms with E-state index >= 15 is 0 Å². The molecule has 1 aromatic heterocycles. The fourth-order valence-corrected chi connectivity index (χ4v) is 2.85. The van der Waals surface area contributed by atoms with E-state index in [2.05, 4.69) is 14.8 Å². The third-order valence-corrected chi connectivity index (χ3v) is 4.26. The first-order valence-corrected chi connectivity index (χ1v) is 7.58. The molecule has 104 valence electrons. The van der Waals surface area contributed by atoms with Gasteiger partial charge in [0.25, 0.3) is 0 Å². The Morgan fingerprint density at radius 1 is 1.40 bits per heavy atom. The van der Waals surface area contributed by atoms with Crippen LogP contribution in [-0.2, 0) is 4.79 Å². The average Bonchev–Trinajstić information content (AvgIpc) is 3.23. The molecule has 2 aromatic rings. The number of hydrogen-bond acceptors (Lipinski definition) is 4. The summed E-state index contributed by atoms with van der Waals surface area (Å²) in [6.07, 6.45) is 4.12. The number of benzene rings is 1. The van der Waals surface area contributed by atoms with Crippen LogP contribution in [-0.4, -0.2) is 33.5 Å². The molecule has 1 aliphatic rings. The van der Waals surface area contributed by atoms with Gasteiger partial charge in [0.2, 0.25) is 5.91 Å². The molecule has 3 rings (SSSR count). The van der Waals surface area contributed by atoms with Crippen molar-refractivity contribution in [3.63, 3.8) is 0 Å². The highest BCUT2D eigenvalue weighted by Crippen LogP contribution is 2.37. The molecule has 0 N–H and O–H groups in total. The molecule has 0 bridgehead atoms. The van der Waals surface area contributed by atoms with Crippen LogP contribution in [0.1, 0.15) is 18.9 Å². The van der Waals surface area contributed by atoms with Crippen LogP contribution >= 0.6 is 11.8 Å². The summed E-state index contributed by atoms with van der Waals surface area (Å²) >= 11 is 1.45. The van der Waals surface area contributed by atoms with Crippen molar-refractivity contribution in [2.24, 2.45) is 0 Å². The molecule has 0 atom stereocenters. The Kier molecular flexibility index (Phi) is 3.73. The number of anilines is 1. The number of aromatic nitrogens is 3. The summed E-state index contributed by atoms with van der Waals surface area (Å²) in [6.45, 7) is 0. The Balaban J connectivity index is 1.60. The highest BCUT2D eigenvalue weighted by molar-refractivity contribution is 7.99. The lowest BCUT2D eigenvalue weighted by Gasteiger charge is -2.16. The smallest absolute Gasteiger partial charge is 0.237 e. The van der Waals surface area contributed by atoms with E-state index < -0.39 is 0 Å². The van der Waals surface area contributed by atoms with Gasteiger partial charge in [-0.05, 0) is 25.0 Å². The summed E-state index contributed by atoms with van der Waals surface area (Å²) in [5.41, 5.74) is 0.904. The fourth-order valence-electron chi connectivity index (χ4n) is 1.96. The lowest BCUT2D eigenvalue weighted by molar-refractivity contribution is -0.115. The van der Waals surface area contributed by atoms with Gasteiger partial charge >= 0.3 is 0 Å². The van der Waals surface area contributed by atoms with Crippen LogP contribution in [0.25, 0.3) is 0 Å². The van der Waals surface area contributed by atoms with Crippen LogP contribution in [0, 0.1) is 0 Å². The van der Waals surface area contributed by atoms with E-state index in [4.69, 9.17) is 0 Å². The quantitative estimate of drug-likeness (QED) is 0.793. The first-order chi connectivity index (χ1) is 9.75. The second kappa shape index (κ2) is 5.66. The van der Waals surface area contributed by atoms with Crippen LogP contribution in [0.5, 0.6) is 0 Å². The molecule has 1 aromatic carbocycles. The van der Waals surface area contributed by atoms with E-state index in [1.165, 1.54) is 24.6 Å². The summed E-state index contributed by atoms with van der Waals surface area (Å²) in [5.74, 6) is 0.433. The van der Waals surface area contributed by atoms with Crippen molar-refractivity contribution in [3.05, 3.63) is 36.7 Å². The van der Waals surface area contributed by atoms with E-state index in [0.29, 0.717) is 11.8 Å². The lowest BCUT2D eigenvalue weighted by Crippen LogP contribution is -2.27. The van der Waals surface area contributed by atoms with Gasteiger partial charge in [-0.2, -0.15) is 0 Å². The van der Waals surface area contributed by atoms with E-state index in [1.54, 1.807) is 18.3 Å². The normalized spacial score (nSPS) is 14.2. The van der Waals surface area contributed by atoms with Gasteiger partial charge in [0.05, 0.1) is 5.75 Å². The molecule has 1 saturated carbocycles. The first-order valence-electron chi connectivity index (χ1n) is 6.59. The lowest BCUT2D eigenvalue weighted by atomic mass is 10.3. The summed E-state index contributed by atoms with van der Waals surface area (Å²) in [5, 5.41) is 8.85. The number of amides is 1. The van der Waals surface area contributed by atoms with Crippen molar-refractivity contribution in [2.75, 3.05) is 17.7 Å².